The minimum atomic E-state index is 0.238. The number of rotatable bonds is 9. The molecule has 0 aromatic carbocycles. The van der Waals surface area contributed by atoms with E-state index in [-0.39, 0.29) is 5.92 Å². The van der Waals surface area contributed by atoms with Gasteiger partial charge in [-0.1, -0.05) is 23.9 Å². The summed E-state index contributed by atoms with van der Waals surface area (Å²) in [5.74, 6) is 1.15. The molecule has 1 N–H and O–H groups in total. The third-order valence-corrected chi connectivity index (χ3v) is 6.08. The lowest BCUT2D eigenvalue weighted by molar-refractivity contribution is -0.114. The average molecular weight is 363 g/mol. The molecule has 0 saturated carbocycles. The Morgan fingerprint density at radius 1 is 1.50 bits per heavy atom. The Balaban J connectivity index is 1.65. The van der Waals surface area contributed by atoms with E-state index in [1.54, 1.807) is 11.3 Å². The van der Waals surface area contributed by atoms with Crippen molar-refractivity contribution >= 4 is 40.5 Å². The Morgan fingerprint density at radius 3 is 3.04 bits per heavy atom. The number of nitrogens with zero attached hydrogens (tertiary/aromatic N) is 1. The van der Waals surface area contributed by atoms with Gasteiger partial charge in [-0.05, 0) is 68.4 Å². The zero-order valence-electron chi connectivity index (χ0n) is 14.2. The van der Waals surface area contributed by atoms with E-state index >= 15 is 0 Å². The van der Waals surface area contributed by atoms with Gasteiger partial charge in [-0.15, -0.1) is 11.3 Å². The van der Waals surface area contributed by atoms with E-state index in [1.807, 2.05) is 12.1 Å². The molecule has 1 aliphatic rings. The Labute approximate surface area is 153 Å². The van der Waals surface area contributed by atoms with Gasteiger partial charge < -0.3 is 10.3 Å². The van der Waals surface area contributed by atoms with Crippen molar-refractivity contribution in [3.05, 3.63) is 40.1 Å². The van der Waals surface area contributed by atoms with Crippen LogP contribution in [0.1, 0.15) is 30.6 Å². The average Bonchev–Trinajstić information content (AvgIpc) is 3.23. The number of likely N-dealkylation sites (tertiary alicyclic amines) is 1. The summed E-state index contributed by atoms with van der Waals surface area (Å²) in [7, 11) is 2.08. The number of thiophene rings is 1. The minimum absolute atomic E-state index is 0.238. The molecule has 0 amide bonds. The maximum absolute atomic E-state index is 12.1. The van der Waals surface area contributed by atoms with E-state index in [4.69, 9.17) is 5.41 Å². The van der Waals surface area contributed by atoms with E-state index in [0.29, 0.717) is 5.12 Å². The Kier molecular flexibility index (Phi) is 8.50. The van der Waals surface area contributed by atoms with Crippen LogP contribution in [0.25, 0.3) is 6.08 Å². The van der Waals surface area contributed by atoms with Crippen LogP contribution in [0.3, 0.4) is 0 Å². The largest absolute Gasteiger partial charge is 0.309 e. The summed E-state index contributed by atoms with van der Waals surface area (Å²) in [5.41, 5.74) is 1.17. The molecule has 1 saturated heterocycles. The first-order valence-electron chi connectivity index (χ1n) is 8.45. The number of hydrogen-bond donors (Lipinski definition) is 1. The van der Waals surface area contributed by atoms with Crippen LogP contribution in [0.15, 0.2) is 35.2 Å². The first-order valence-corrected chi connectivity index (χ1v) is 10.3. The fourth-order valence-corrected chi connectivity index (χ4v) is 4.35. The molecule has 1 aromatic heterocycles. The third-order valence-electron chi connectivity index (χ3n) is 4.13. The highest BCUT2D eigenvalue weighted by molar-refractivity contribution is 8.13. The highest BCUT2D eigenvalue weighted by Gasteiger charge is 2.25. The molecule has 1 aromatic rings. The molecule has 0 radical (unpaired) electrons. The van der Waals surface area contributed by atoms with Gasteiger partial charge in [-0.2, -0.15) is 0 Å². The maximum atomic E-state index is 12.1. The summed E-state index contributed by atoms with van der Waals surface area (Å²) in [6, 6.07) is 4.13. The number of thioether (sulfide) groups is 1. The monoisotopic (exact) mass is 362 g/mol. The van der Waals surface area contributed by atoms with Crippen LogP contribution in [0.5, 0.6) is 0 Å². The predicted molar refractivity (Wildman–Crippen MR) is 107 cm³/mol. The van der Waals surface area contributed by atoms with Crippen LogP contribution in [-0.4, -0.2) is 42.1 Å². The lowest BCUT2D eigenvalue weighted by atomic mass is 10.1. The molecule has 2 heterocycles. The van der Waals surface area contributed by atoms with Crippen LogP contribution >= 0.6 is 23.1 Å². The predicted octanol–water partition coefficient (Wildman–Crippen LogP) is 4.72. The topological polar surface area (TPSA) is 44.2 Å². The standard InChI is InChI=1S/C19H26N2OS2/c1-21-12-10-17(15-21)19(22)24-13-3-2-5-16(9-11-20)7-8-18-6-4-14-23-18/h4,6-9,11,14,17,20H,2-3,5,10,12-13,15H2,1H3/b8-7+,16-9+,20-11?. The van der Waals surface area contributed by atoms with Gasteiger partial charge in [0.2, 0.25) is 0 Å². The van der Waals surface area contributed by atoms with Crippen LogP contribution in [0.2, 0.25) is 0 Å². The summed E-state index contributed by atoms with van der Waals surface area (Å²) < 4.78 is 0. The van der Waals surface area contributed by atoms with Crippen molar-refractivity contribution < 1.29 is 4.79 Å². The van der Waals surface area contributed by atoms with E-state index in [0.717, 1.165) is 44.5 Å². The molecule has 3 nitrogen and oxygen atoms in total. The third kappa shape index (κ3) is 6.75. The van der Waals surface area contributed by atoms with Crippen LogP contribution < -0.4 is 0 Å². The minimum Gasteiger partial charge on any atom is -0.309 e. The maximum Gasteiger partial charge on any atom is 0.193 e. The van der Waals surface area contributed by atoms with Gasteiger partial charge in [0.15, 0.2) is 5.12 Å². The molecule has 0 spiro atoms. The highest BCUT2D eigenvalue weighted by Crippen LogP contribution is 2.22. The number of nitrogens with one attached hydrogen (secondary N) is 1. The summed E-state index contributed by atoms with van der Waals surface area (Å²) >= 11 is 3.22. The molecule has 1 aliphatic heterocycles. The van der Waals surface area contributed by atoms with Crippen LogP contribution in [-0.2, 0) is 4.79 Å². The number of allylic oxidation sites excluding steroid dienone is 3. The quantitative estimate of drug-likeness (QED) is 0.393. The Hall–Kier alpha value is -1.17. The van der Waals surface area contributed by atoms with Crippen molar-refractivity contribution in [2.75, 3.05) is 25.9 Å². The van der Waals surface area contributed by atoms with E-state index in [2.05, 4.69) is 35.5 Å². The fraction of sp³-hybridized carbons (Fsp3) is 0.474. The summed E-state index contributed by atoms with van der Waals surface area (Å²) in [5, 5.41) is 9.72. The second kappa shape index (κ2) is 10.6. The van der Waals surface area contributed by atoms with E-state index < -0.39 is 0 Å². The number of carbonyl (C=O) groups excluding carboxylic acids is 1. The summed E-state index contributed by atoms with van der Waals surface area (Å²) in [6.07, 6.45) is 11.5. The lowest BCUT2D eigenvalue weighted by Crippen LogP contribution is -2.17. The van der Waals surface area contributed by atoms with Crippen molar-refractivity contribution in [3.8, 4) is 0 Å². The molecule has 5 heteroatoms. The zero-order chi connectivity index (χ0) is 17.2. The Bertz CT molecular complexity index is 578. The fourth-order valence-electron chi connectivity index (χ4n) is 2.75. The van der Waals surface area contributed by atoms with Gasteiger partial charge in [-0.25, -0.2) is 0 Å². The molecule has 0 bridgehead atoms. The zero-order valence-corrected chi connectivity index (χ0v) is 15.9. The molecule has 0 aliphatic carbocycles. The molecular weight excluding hydrogens is 336 g/mol. The normalized spacial score (nSPS) is 19.2. The molecule has 2 rings (SSSR count). The summed E-state index contributed by atoms with van der Waals surface area (Å²) in [4.78, 5) is 15.6. The van der Waals surface area contributed by atoms with E-state index in [1.165, 1.54) is 28.4 Å². The smallest absolute Gasteiger partial charge is 0.193 e. The van der Waals surface area contributed by atoms with Gasteiger partial charge >= 0.3 is 0 Å². The SMILES string of the molecule is CN1CCC(C(=O)SCCCCC(/C=C/c2cccs2)=C\C=N)C1. The van der Waals surface area contributed by atoms with Crippen molar-refractivity contribution in [1.29, 1.82) is 5.41 Å². The van der Waals surface area contributed by atoms with Gasteiger partial charge in [0, 0.05) is 29.3 Å². The Morgan fingerprint density at radius 2 is 2.38 bits per heavy atom. The van der Waals surface area contributed by atoms with E-state index in [9.17, 15) is 4.79 Å². The van der Waals surface area contributed by atoms with Crippen molar-refractivity contribution in [2.24, 2.45) is 5.92 Å². The first-order chi connectivity index (χ1) is 11.7. The molecule has 24 heavy (non-hydrogen) atoms. The summed E-state index contributed by atoms with van der Waals surface area (Å²) in [6.45, 7) is 1.97. The molecule has 1 fully saturated rings. The van der Waals surface area contributed by atoms with Crippen LogP contribution in [0, 0.1) is 11.3 Å². The molecule has 130 valence electrons. The molecule has 1 unspecified atom stereocenters. The number of unbranched alkanes of at least 4 members (excludes halogenated alkanes) is 1. The number of hydrogen-bond acceptors (Lipinski definition) is 5. The highest BCUT2D eigenvalue weighted by atomic mass is 32.2. The lowest BCUT2D eigenvalue weighted by Gasteiger charge is -2.08. The van der Waals surface area contributed by atoms with Gasteiger partial charge in [0.1, 0.15) is 0 Å². The second-order valence-electron chi connectivity index (χ2n) is 6.13. The second-order valence-corrected chi connectivity index (χ2v) is 8.21. The van der Waals surface area contributed by atoms with Crippen LogP contribution in [0.4, 0.5) is 0 Å². The van der Waals surface area contributed by atoms with Gasteiger partial charge in [0.05, 0.1) is 0 Å². The van der Waals surface area contributed by atoms with Crippen molar-refractivity contribution in [3.63, 3.8) is 0 Å². The van der Waals surface area contributed by atoms with Crippen molar-refractivity contribution in [1.82, 2.24) is 4.90 Å². The first kappa shape index (κ1) is 19.2. The van der Waals surface area contributed by atoms with Crippen molar-refractivity contribution in [2.45, 2.75) is 25.7 Å². The molecular formula is C19H26N2OS2. The van der Waals surface area contributed by atoms with Gasteiger partial charge in [-0.3, -0.25) is 4.79 Å². The number of carbonyl (C=O) groups is 1. The molecule has 1 atom stereocenters. The van der Waals surface area contributed by atoms with Gasteiger partial charge in [0.25, 0.3) is 0 Å².